The van der Waals surface area contributed by atoms with Crippen LogP contribution in [0, 0.1) is 0 Å². The minimum atomic E-state index is -0.145. The summed E-state index contributed by atoms with van der Waals surface area (Å²) < 4.78 is 1.81. The van der Waals surface area contributed by atoms with Crippen LogP contribution in [0.15, 0.2) is 24.8 Å². The van der Waals surface area contributed by atoms with Crippen molar-refractivity contribution in [2.24, 2.45) is 0 Å². The highest BCUT2D eigenvalue weighted by molar-refractivity contribution is 6.31. The monoisotopic (exact) mass is 252 g/mol. The molecule has 0 saturated heterocycles. The first kappa shape index (κ1) is 11.7. The highest BCUT2D eigenvalue weighted by Crippen LogP contribution is 2.14. The zero-order valence-corrected chi connectivity index (χ0v) is 10.2. The lowest BCUT2D eigenvalue weighted by Gasteiger charge is -2.06. The second kappa shape index (κ2) is 5.05. The Balaban J connectivity index is 2.04. The van der Waals surface area contributed by atoms with E-state index in [0.29, 0.717) is 23.8 Å². The summed E-state index contributed by atoms with van der Waals surface area (Å²) in [6.45, 7) is 3.09. The lowest BCUT2D eigenvalue weighted by atomic mass is 10.3. The highest BCUT2D eigenvalue weighted by atomic mass is 35.5. The number of aromatic amines is 1. The second-order valence-electron chi connectivity index (χ2n) is 3.59. The number of H-pyrrole nitrogens is 1. The molecule has 0 bridgehead atoms. The molecule has 0 spiro atoms. The summed E-state index contributed by atoms with van der Waals surface area (Å²) in [5.74, 6) is -0.145. The van der Waals surface area contributed by atoms with E-state index in [9.17, 15) is 4.79 Å². The molecule has 0 aromatic carbocycles. The third kappa shape index (κ3) is 2.68. The molecule has 0 aliphatic carbocycles. The van der Waals surface area contributed by atoms with Crippen LogP contribution in [0.5, 0.6) is 0 Å². The van der Waals surface area contributed by atoms with E-state index in [2.05, 4.69) is 15.3 Å². The summed E-state index contributed by atoms with van der Waals surface area (Å²) in [7, 11) is 0. The molecule has 0 fully saturated rings. The van der Waals surface area contributed by atoms with Gasteiger partial charge in [-0.2, -0.15) is 0 Å². The molecule has 2 aromatic rings. The Morgan fingerprint density at radius 3 is 3.12 bits per heavy atom. The van der Waals surface area contributed by atoms with Crippen LogP contribution in [0.1, 0.15) is 23.1 Å². The third-order valence-electron chi connectivity index (χ3n) is 2.43. The number of amides is 1. The number of hydrogen-bond donors (Lipinski definition) is 2. The van der Waals surface area contributed by atoms with Gasteiger partial charge in [-0.25, -0.2) is 4.98 Å². The fourth-order valence-electron chi connectivity index (χ4n) is 1.57. The van der Waals surface area contributed by atoms with Crippen LogP contribution in [-0.2, 0) is 13.1 Å². The van der Waals surface area contributed by atoms with Gasteiger partial charge < -0.3 is 14.9 Å². The molecule has 0 aliphatic rings. The van der Waals surface area contributed by atoms with Gasteiger partial charge in [0, 0.05) is 18.9 Å². The van der Waals surface area contributed by atoms with Crippen LogP contribution in [0.25, 0.3) is 0 Å². The number of rotatable bonds is 4. The summed E-state index contributed by atoms with van der Waals surface area (Å²) in [5, 5.41) is 3.37. The van der Waals surface area contributed by atoms with Gasteiger partial charge in [0.1, 0.15) is 5.69 Å². The fraction of sp³-hybridized carbons (Fsp3) is 0.273. The maximum Gasteiger partial charge on any atom is 0.268 e. The summed E-state index contributed by atoms with van der Waals surface area (Å²) in [6.07, 6.45) is 4.99. The van der Waals surface area contributed by atoms with E-state index < -0.39 is 0 Å². The number of halogens is 1. The number of imidazole rings is 1. The molecule has 2 rings (SSSR count). The number of nitrogens with zero attached hydrogens (tertiary/aromatic N) is 2. The molecule has 0 saturated carbocycles. The van der Waals surface area contributed by atoms with Gasteiger partial charge in [0.05, 0.1) is 23.6 Å². The average Bonchev–Trinajstić information content (AvgIpc) is 2.94. The van der Waals surface area contributed by atoms with Crippen LogP contribution < -0.4 is 5.32 Å². The normalized spacial score (nSPS) is 10.5. The van der Waals surface area contributed by atoms with E-state index in [4.69, 9.17) is 11.6 Å². The van der Waals surface area contributed by atoms with Gasteiger partial charge in [0.2, 0.25) is 0 Å². The summed E-state index contributed by atoms with van der Waals surface area (Å²) in [4.78, 5) is 18.7. The molecular weight excluding hydrogens is 240 g/mol. The van der Waals surface area contributed by atoms with E-state index in [0.717, 1.165) is 5.69 Å². The largest absolute Gasteiger partial charge is 0.347 e. The van der Waals surface area contributed by atoms with Crippen molar-refractivity contribution in [3.8, 4) is 0 Å². The first-order chi connectivity index (χ1) is 8.20. The maximum atomic E-state index is 11.9. The minimum absolute atomic E-state index is 0.145. The molecule has 0 atom stereocenters. The third-order valence-corrected chi connectivity index (χ3v) is 2.64. The molecule has 2 heterocycles. The Hall–Kier alpha value is -1.75. The van der Waals surface area contributed by atoms with Crippen molar-refractivity contribution in [1.29, 1.82) is 0 Å². The van der Waals surface area contributed by atoms with Crippen molar-refractivity contribution in [2.75, 3.05) is 0 Å². The number of aryl methyl sites for hydroxylation is 1. The number of hydrogen-bond acceptors (Lipinski definition) is 2. The number of carbonyl (C=O) groups is 1. The van der Waals surface area contributed by atoms with Crippen LogP contribution in [0.3, 0.4) is 0 Å². The number of nitrogens with one attached hydrogen (secondary N) is 2. The average molecular weight is 253 g/mol. The van der Waals surface area contributed by atoms with Gasteiger partial charge in [-0.15, -0.1) is 0 Å². The van der Waals surface area contributed by atoms with Crippen LogP contribution in [0.2, 0.25) is 5.02 Å². The number of aromatic nitrogens is 3. The summed E-state index contributed by atoms with van der Waals surface area (Å²) >= 11 is 5.87. The van der Waals surface area contributed by atoms with Crippen LogP contribution in [-0.4, -0.2) is 20.4 Å². The van der Waals surface area contributed by atoms with Gasteiger partial charge in [-0.1, -0.05) is 11.6 Å². The van der Waals surface area contributed by atoms with Gasteiger partial charge in [0.15, 0.2) is 0 Å². The van der Waals surface area contributed by atoms with Gasteiger partial charge in [-0.3, -0.25) is 4.79 Å². The zero-order chi connectivity index (χ0) is 12.3. The van der Waals surface area contributed by atoms with Gasteiger partial charge >= 0.3 is 0 Å². The van der Waals surface area contributed by atoms with Crippen molar-refractivity contribution >= 4 is 17.5 Å². The molecule has 0 radical (unpaired) electrons. The first-order valence-corrected chi connectivity index (χ1v) is 5.69. The molecular formula is C11H13ClN4O. The SMILES string of the molecule is CCn1cc(Cl)cc1C(=O)NCc1cnc[nH]1. The Labute approximate surface area is 104 Å². The van der Waals surface area contributed by atoms with Crippen molar-refractivity contribution in [3.63, 3.8) is 0 Å². The van der Waals surface area contributed by atoms with E-state index in [1.165, 1.54) is 0 Å². The van der Waals surface area contributed by atoms with Crippen molar-refractivity contribution in [2.45, 2.75) is 20.0 Å². The van der Waals surface area contributed by atoms with Crippen LogP contribution >= 0.6 is 11.6 Å². The predicted octanol–water partition coefficient (Wildman–Crippen LogP) is 1.81. The summed E-state index contributed by atoms with van der Waals surface area (Å²) in [6, 6.07) is 1.66. The van der Waals surface area contributed by atoms with Crippen LogP contribution in [0.4, 0.5) is 0 Å². The molecule has 6 heteroatoms. The predicted molar refractivity (Wildman–Crippen MR) is 64.9 cm³/mol. The smallest absolute Gasteiger partial charge is 0.268 e. The maximum absolute atomic E-state index is 11.9. The summed E-state index contributed by atoms with van der Waals surface area (Å²) in [5.41, 5.74) is 1.43. The quantitative estimate of drug-likeness (QED) is 0.872. The standard InChI is InChI=1S/C11H13ClN4O/c1-2-16-6-8(12)3-10(16)11(17)14-5-9-4-13-7-15-9/h3-4,6-7H,2,5H2,1H3,(H,13,15)(H,14,17). The Morgan fingerprint density at radius 2 is 2.47 bits per heavy atom. The van der Waals surface area contributed by atoms with E-state index in [1.807, 2.05) is 11.5 Å². The Kier molecular flexibility index (Phi) is 3.49. The van der Waals surface area contributed by atoms with Gasteiger partial charge in [-0.05, 0) is 13.0 Å². The molecule has 2 N–H and O–H groups in total. The molecule has 1 amide bonds. The van der Waals surface area contributed by atoms with Crippen molar-refractivity contribution in [1.82, 2.24) is 19.9 Å². The Bertz CT molecular complexity index is 504. The lowest BCUT2D eigenvalue weighted by Crippen LogP contribution is -2.25. The fourth-order valence-corrected chi connectivity index (χ4v) is 1.80. The zero-order valence-electron chi connectivity index (χ0n) is 9.40. The van der Waals surface area contributed by atoms with Gasteiger partial charge in [0.25, 0.3) is 5.91 Å². The molecule has 2 aromatic heterocycles. The van der Waals surface area contributed by atoms with E-state index in [-0.39, 0.29) is 5.91 Å². The molecule has 5 nitrogen and oxygen atoms in total. The minimum Gasteiger partial charge on any atom is -0.347 e. The second-order valence-corrected chi connectivity index (χ2v) is 4.03. The topological polar surface area (TPSA) is 62.7 Å². The molecule has 0 unspecified atom stereocenters. The first-order valence-electron chi connectivity index (χ1n) is 5.32. The molecule has 0 aliphatic heterocycles. The van der Waals surface area contributed by atoms with Crippen molar-refractivity contribution < 1.29 is 4.79 Å². The number of carbonyl (C=O) groups excluding carboxylic acids is 1. The van der Waals surface area contributed by atoms with E-state index in [1.54, 1.807) is 24.8 Å². The Morgan fingerprint density at radius 1 is 1.65 bits per heavy atom. The highest BCUT2D eigenvalue weighted by Gasteiger charge is 2.11. The molecule has 90 valence electrons. The molecule has 17 heavy (non-hydrogen) atoms. The lowest BCUT2D eigenvalue weighted by molar-refractivity contribution is 0.0941. The van der Waals surface area contributed by atoms with E-state index >= 15 is 0 Å². The van der Waals surface area contributed by atoms with Crippen molar-refractivity contribution in [3.05, 3.63) is 41.2 Å².